The van der Waals surface area contributed by atoms with Crippen LogP contribution in [0, 0.1) is 5.82 Å². The minimum absolute atomic E-state index is 0.00404. The lowest BCUT2D eigenvalue weighted by Crippen LogP contribution is -2.44. The number of anilines is 1. The number of fused-ring (bicyclic) bond motifs is 7. The summed E-state index contributed by atoms with van der Waals surface area (Å²) in [6.45, 7) is 3.02. The molecule has 6 aromatic carbocycles. The highest BCUT2D eigenvalue weighted by atomic mass is 35.5. The molecule has 0 fully saturated rings. The summed E-state index contributed by atoms with van der Waals surface area (Å²) >= 11 is 13.8. The van der Waals surface area contributed by atoms with E-state index in [4.69, 9.17) is 61.3 Å². The lowest BCUT2D eigenvalue weighted by atomic mass is 9.77. The number of esters is 3. The zero-order valence-corrected chi connectivity index (χ0v) is 45.9. The first-order valence-electron chi connectivity index (χ1n) is 26.1. The van der Waals surface area contributed by atoms with Gasteiger partial charge in [-0.3, -0.25) is 19.7 Å². The maximum atomic E-state index is 15.4. The van der Waals surface area contributed by atoms with Crippen LogP contribution < -0.4 is 43.6 Å². The van der Waals surface area contributed by atoms with Crippen LogP contribution in [0.3, 0.4) is 0 Å². The standard InChI is InChI=1S/C61H53Cl2FN4O13/c1-33(69)78-55-49(75-3)30-42-53(51(55)62)80-54-43(31-50(76-4)56(52(54)63)79-34(2)70)61(42)41-29-38(19-22-40(41)60(74)81-61)58(72)65-24-12-7-5-6-8-13-25-77-48-23-16-36(26-44(48)64)28-46-59(73)68-32-47(37-17-20-39(71)21-18-37)66-45(57(68)67-46)27-35-14-10-9-11-15-35/h9-11,14-23,26,29-32,46H,5-8,12-13,24-25,27-28H2,1-4H3,(H2,65,71,72)/p+1. The van der Waals surface area contributed by atoms with Crippen molar-refractivity contribution in [3.8, 4) is 57.3 Å². The number of aromatic nitrogens is 2. The van der Waals surface area contributed by atoms with Crippen molar-refractivity contribution >= 4 is 58.7 Å². The molecule has 1 aromatic heterocycles. The number of carbonyl (C=O) groups is 5. The minimum Gasteiger partial charge on any atom is -0.508 e. The average molecular weight is 1140 g/mol. The van der Waals surface area contributed by atoms with E-state index in [1.807, 2.05) is 30.3 Å². The average Bonchev–Trinajstić information content (AvgIpc) is 3.20. The number of nitrogens with zero attached hydrogens (tertiary/aromatic N) is 2. The fourth-order valence-electron chi connectivity index (χ4n) is 10.3. The second-order valence-electron chi connectivity index (χ2n) is 19.5. The van der Waals surface area contributed by atoms with Crippen molar-refractivity contribution in [2.75, 3.05) is 32.7 Å². The number of amides is 1. The molecule has 0 radical (unpaired) electrons. The largest absolute Gasteiger partial charge is 0.508 e. The van der Waals surface area contributed by atoms with E-state index in [0.29, 0.717) is 55.2 Å². The van der Waals surface area contributed by atoms with Gasteiger partial charge in [-0.15, -0.1) is 0 Å². The number of nitrogens with one attached hydrogen (secondary N) is 2. The number of unbranched alkanes of at least 4 members (excludes halogenated alkanes) is 5. The van der Waals surface area contributed by atoms with Gasteiger partial charge in [0, 0.05) is 49.9 Å². The number of methoxy groups -OCH3 is 2. The van der Waals surface area contributed by atoms with Crippen molar-refractivity contribution in [1.29, 1.82) is 0 Å². The summed E-state index contributed by atoms with van der Waals surface area (Å²) in [6.07, 6.45) is 7.22. The van der Waals surface area contributed by atoms with Crippen molar-refractivity contribution in [1.82, 2.24) is 10.3 Å². The molecule has 0 saturated carbocycles. The van der Waals surface area contributed by atoms with Gasteiger partial charge in [0.15, 0.2) is 57.7 Å². The van der Waals surface area contributed by atoms with E-state index in [1.165, 1.54) is 64.5 Å². The van der Waals surface area contributed by atoms with Crippen molar-refractivity contribution in [3.05, 3.63) is 170 Å². The Morgan fingerprint density at radius 3 is 2.04 bits per heavy atom. The molecule has 0 aliphatic carbocycles. The number of benzene rings is 6. The third kappa shape index (κ3) is 11.1. The van der Waals surface area contributed by atoms with E-state index in [1.54, 1.807) is 47.2 Å². The second kappa shape index (κ2) is 23.5. The van der Waals surface area contributed by atoms with Gasteiger partial charge in [-0.2, -0.15) is 4.57 Å². The Morgan fingerprint density at radius 1 is 0.765 bits per heavy atom. The van der Waals surface area contributed by atoms with Crippen molar-refractivity contribution in [2.24, 2.45) is 0 Å². The predicted octanol–water partition coefficient (Wildman–Crippen LogP) is 11.0. The highest BCUT2D eigenvalue weighted by Crippen LogP contribution is 2.63. The smallest absolute Gasteiger partial charge is 0.359 e. The lowest BCUT2D eigenvalue weighted by Gasteiger charge is -2.38. The van der Waals surface area contributed by atoms with Crippen molar-refractivity contribution in [2.45, 2.75) is 76.9 Å². The summed E-state index contributed by atoms with van der Waals surface area (Å²) in [5, 5.41) is 15.7. The molecule has 81 heavy (non-hydrogen) atoms. The van der Waals surface area contributed by atoms with E-state index in [0.717, 1.165) is 36.8 Å². The molecule has 0 bridgehead atoms. The van der Waals surface area contributed by atoms with Gasteiger partial charge in [0.2, 0.25) is 0 Å². The molecule has 3 aliphatic rings. The van der Waals surface area contributed by atoms with Crippen LogP contribution in [0.1, 0.15) is 111 Å². The number of carbonyl (C=O) groups excluding carboxylic acids is 5. The van der Waals surface area contributed by atoms with Gasteiger partial charge in [-0.25, -0.2) is 19.0 Å². The molecule has 17 nitrogen and oxygen atoms in total. The van der Waals surface area contributed by atoms with Gasteiger partial charge >= 0.3 is 29.6 Å². The van der Waals surface area contributed by atoms with Crippen LogP contribution in [0.4, 0.5) is 10.2 Å². The maximum Gasteiger partial charge on any atom is 0.359 e. The third-order valence-electron chi connectivity index (χ3n) is 14.1. The third-order valence-corrected chi connectivity index (χ3v) is 14.8. The Morgan fingerprint density at radius 2 is 1.41 bits per heavy atom. The van der Waals surface area contributed by atoms with E-state index in [2.05, 4.69) is 10.6 Å². The number of phenolic OH excluding ortho intramolecular Hbond substituents is 1. The Balaban J connectivity index is 0.731. The summed E-state index contributed by atoms with van der Waals surface area (Å²) in [5.74, 6) is -3.11. The molecule has 10 rings (SSSR count). The number of rotatable bonds is 20. The van der Waals surface area contributed by atoms with Crippen molar-refractivity contribution in [3.63, 3.8) is 0 Å². The molecule has 4 heterocycles. The van der Waals surface area contributed by atoms with Crippen LogP contribution in [-0.4, -0.2) is 73.2 Å². The summed E-state index contributed by atoms with van der Waals surface area (Å²) in [4.78, 5) is 70.9. The van der Waals surface area contributed by atoms with Crippen LogP contribution in [0.25, 0.3) is 11.3 Å². The van der Waals surface area contributed by atoms with E-state index < -0.39 is 41.3 Å². The fourth-order valence-corrected chi connectivity index (χ4v) is 10.8. The summed E-state index contributed by atoms with van der Waals surface area (Å²) in [7, 11) is 2.66. The first kappa shape index (κ1) is 55.6. The zero-order valence-electron chi connectivity index (χ0n) is 44.4. The SMILES string of the molecule is COc1cc2c(c(Cl)c1OC(C)=O)Oc1c(cc(OC)c(OC(C)=O)c1Cl)C21OC(=O)c2ccc(C(=O)NCCCCCCCCOc3ccc(CC4Nc5c(Cc6ccccc6)nc(-c6ccc(O)cc6)c[n+]5C4=O)cc3F)cc21. The maximum absolute atomic E-state index is 15.4. The van der Waals surface area contributed by atoms with Crippen LogP contribution in [0.5, 0.6) is 46.0 Å². The molecular weight excluding hydrogens is 1090 g/mol. The molecule has 416 valence electrons. The normalized spacial score (nSPS) is 14.1. The summed E-state index contributed by atoms with van der Waals surface area (Å²) < 4.78 is 57.5. The van der Waals surface area contributed by atoms with Gasteiger partial charge in [-0.1, -0.05) is 85.3 Å². The Hall–Kier alpha value is -8.74. The topological polar surface area (TPSA) is 211 Å². The number of hydrogen-bond acceptors (Lipinski definition) is 15. The fraction of sp³-hybridized carbons (Fsp3) is 0.262. The van der Waals surface area contributed by atoms with Gasteiger partial charge in [0.1, 0.15) is 33.4 Å². The molecule has 1 amide bonds. The number of halogens is 3. The number of ether oxygens (including phenoxy) is 7. The minimum atomic E-state index is -1.91. The summed E-state index contributed by atoms with van der Waals surface area (Å²) in [6, 6.07) is 28.0. The molecule has 3 N–H and O–H groups in total. The van der Waals surface area contributed by atoms with Gasteiger partial charge in [-0.05, 0) is 90.7 Å². The van der Waals surface area contributed by atoms with E-state index in [9.17, 15) is 29.1 Å². The van der Waals surface area contributed by atoms with E-state index >= 15 is 4.39 Å². The zero-order chi connectivity index (χ0) is 57.1. The predicted molar refractivity (Wildman–Crippen MR) is 295 cm³/mol. The van der Waals surface area contributed by atoms with Crippen LogP contribution in [-0.2, 0) is 32.8 Å². The lowest BCUT2D eigenvalue weighted by molar-refractivity contribution is -0.552. The van der Waals surface area contributed by atoms with Gasteiger partial charge < -0.3 is 43.6 Å². The van der Waals surface area contributed by atoms with Gasteiger partial charge in [0.05, 0.1) is 37.5 Å². The first-order valence-corrected chi connectivity index (χ1v) is 26.9. The Labute approximate surface area is 474 Å². The Kier molecular flexibility index (Phi) is 16.1. The van der Waals surface area contributed by atoms with Crippen LogP contribution >= 0.6 is 23.2 Å². The van der Waals surface area contributed by atoms with Gasteiger partial charge in [0.25, 0.3) is 5.91 Å². The highest BCUT2D eigenvalue weighted by Gasteiger charge is 2.56. The monoisotopic (exact) mass is 1140 g/mol. The number of phenols is 1. The van der Waals surface area contributed by atoms with E-state index in [-0.39, 0.29) is 96.2 Å². The highest BCUT2D eigenvalue weighted by molar-refractivity contribution is 6.35. The first-order chi connectivity index (χ1) is 39.1. The molecule has 0 saturated heterocycles. The van der Waals surface area contributed by atoms with Crippen LogP contribution in [0.2, 0.25) is 10.0 Å². The molecular formula is C61H54Cl2FN4O13+. The number of aromatic hydroxyl groups is 1. The molecule has 1 spiro atoms. The summed E-state index contributed by atoms with van der Waals surface area (Å²) in [5.41, 5.74) is 2.56. The molecule has 3 aliphatic heterocycles. The molecule has 7 aromatic rings. The molecule has 20 heteroatoms. The van der Waals surface area contributed by atoms with Crippen LogP contribution in [0.15, 0.2) is 109 Å². The molecule has 1 unspecified atom stereocenters. The Bertz CT molecular complexity index is 3580. The second-order valence-corrected chi connectivity index (χ2v) is 20.3. The van der Waals surface area contributed by atoms with Crippen molar-refractivity contribution < 1.29 is 71.2 Å². The quantitative estimate of drug-likeness (QED) is 0.0280. The molecule has 1 atom stereocenters. The number of hydrogen-bond donors (Lipinski definition) is 3.